The summed E-state index contributed by atoms with van der Waals surface area (Å²) in [6.07, 6.45) is 3.49. The van der Waals surface area contributed by atoms with Crippen molar-refractivity contribution in [2.24, 2.45) is 5.41 Å². The number of hydrogen-bond donors (Lipinski definition) is 3. The molecule has 162 valence electrons. The van der Waals surface area contributed by atoms with E-state index in [0.717, 1.165) is 12.8 Å². The largest absolute Gasteiger partial charge is 0.393 e. The van der Waals surface area contributed by atoms with Crippen LogP contribution in [0.25, 0.3) is 0 Å². The standard InChI is InChI=1S/C19H25F2N7O2/c1-18(2)8-12(4-5-13(18)29)25-15-11(9-22)10-24-17(27-15)23-7-6-14-26-16(30-28-14)19(3,20)21/h10,12-13,29H,4-8H2,1-3H3,(H2,23,24,25,27)/t12-,13+/m1/s1. The SMILES string of the molecule is CC(F)(F)c1nc(CCNc2ncc(C#N)c(N[C@@H]3CC[C@H](O)C(C)(C)C3)n2)no1. The van der Waals surface area contributed by atoms with Crippen LogP contribution in [0.5, 0.6) is 0 Å². The van der Waals surface area contributed by atoms with E-state index in [1.165, 1.54) is 6.20 Å². The molecular weight excluding hydrogens is 396 g/mol. The Kier molecular flexibility index (Phi) is 6.17. The second-order valence-electron chi connectivity index (χ2n) is 8.28. The highest BCUT2D eigenvalue weighted by Gasteiger charge is 2.36. The Morgan fingerprint density at radius 3 is 2.77 bits per heavy atom. The number of halogens is 2. The van der Waals surface area contributed by atoms with Gasteiger partial charge in [-0.15, -0.1) is 0 Å². The number of hydrogen-bond acceptors (Lipinski definition) is 9. The average Bonchev–Trinajstić information content (AvgIpc) is 3.14. The number of anilines is 2. The van der Waals surface area contributed by atoms with Gasteiger partial charge in [0.1, 0.15) is 17.5 Å². The summed E-state index contributed by atoms with van der Waals surface area (Å²) in [4.78, 5) is 12.2. The third-order valence-corrected chi connectivity index (χ3v) is 5.19. The summed E-state index contributed by atoms with van der Waals surface area (Å²) in [5.74, 6) is -3.05. The van der Waals surface area contributed by atoms with Crippen LogP contribution in [-0.2, 0) is 12.3 Å². The van der Waals surface area contributed by atoms with E-state index in [9.17, 15) is 19.1 Å². The number of aliphatic hydroxyl groups excluding tert-OH is 1. The summed E-state index contributed by atoms with van der Waals surface area (Å²) >= 11 is 0. The highest BCUT2D eigenvalue weighted by atomic mass is 19.3. The van der Waals surface area contributed by atoms with Crippen molar-refractivity contribution in [3.05, 3.63) is 23.5 Å². The van der Waals surface area contributed by atoms with E-state index in [2.05, 4.69) is 41.3 Å². The molecule has 11 heteroatoms. The zero-order chi connectivity index (χ0) is 21.9. The summed E-state index contributed by atoms with van der Waals surface area (Å²) in [5.41, 5.74) is 0.0905. The van der Waals surface area contributed by atoms with Gasteiger partial charge in [0.15, 0.2) is 5.82 Å². The Balaban J connectivity index is 1.62. The molecule has 3 N–H and O–H groups in total. The fraction of sp³-hybridized carbons (Fsp3) is 0.632. The van der Waals surface area contributed by atoms with Crippen molar-refractivity contribution in [1.29, 1.82) is 5.26 Å². The lowest BCUT2D eigenvalue weighted by Crippen LogP contribution is -2.41. The van der Waals surface area contributed by atoms with Gasteiger partial charge in [0.2, 0.25) is 5.95 Å². The minimum Gasteiger partial charge on any atom is -0.393 e. The molecule has 0 saturated heterocycles. The molecule has 2 heterocycles. The second kappa shape index (κ2) is 8.47. The van der Waals surface area contributed by atoms with Crippen LogP contribution in [0.15, 0.2) is 10.7 Å². The fourth-order valence-electron chi connectivity index (χ4n) is 3.42. The first-order valence-electron chi connectivity index (χ1n) is 9.75. The zero-order valence-corrected chi connectivity index (χ0v) is 17.1. The summed E-state index contributed by atoms with van der Waals surface area (Å²) in [7, 11) is 0. The van der Waals surface area contributed by atoms with Crippen LogP contribution >= 0.6 is 0 Å². The van der Waals surface area contributed by atoms with E-state index in [4.69, 9.17) is 0 Å². The smallest absolute Gasteiger partial charge is 0.322 e. The fourth-order valence-corrected chi connectivity index (χ4v) is 3.42. The zero-order valence-electron chi connectivity index (χ0n) is 17.1. The van der Waals surface area contributed by atoms with Gasteiger partial charge < -0.3 is 20.3 Å². The third kappa shape index (κ3) is 5.18. The van der Waals surface area contributed by atoms with E-state index >= 15 is 0 Å². The molecule has 0 aromatic carbocycles. The first-order valence-corrected chi connectivity index (χ1v) is 9.75. The quantitative estimate of drug-likeness (QED) is 0.617. The van der Waals surface area contributed by atoms with Crippen LogP contribution in [0.2, 0.25) is 0 Å². The van der Waals surface area contributed by atoms with Gasteiger partial charge in [0.05, 0.1) is 12.3 Å². The normalized spacial score (nSPS) is 21.1. The summed E-state index contributed by atoms with van der Waals surface area (Å²) in [5, 5.41) is 29.3. The molecule has 2 atom stereocenters. The Hall–Kier alpha value is -2.87. The van der Waals surface area contributed by atoms with Crippen LogP contribution in [0, 0.1) is 16.7 Å². The molecule has 30 heavy (non-hydrogen) atoms. The number of rotatable bonds is 7. The van der Waals surface area contributed by atoms with E-state index in [0.29, 0.717) is 31.3 Å². The van der Waals surface area contributed by atoms with Crippen LogP contribution in [0.1, 0.15) is 57.3 Å². The molecule has 0 radical (unpaired) electrons. The summed E-state index contributed by atoms with van der Waals surface area (Å²) in [6.45, 7) is 5.01. The van der Waals surface area contributed by atoms with Crippen LogP contribution in [-0.4, -0.2) is 43.9 Å². The maximum absolute atomic E-state index is 13.2. The van der Waals surface area contributed by atoms with Crippen LogP contribution in [0.4, 0.5) is 20.5 Å². The highest BCUT2D eigenvalue weighted by Crippen LogP contribution is 2.37. The van der Waals surface area contributed by atoms with E-state index in [1.807, 2.05) is 13.8 Å². The van der Waals surface area contributed by atoms with Crippen molar-refractivity contribution in [1.82, 2.24) is 20.1 Å². The monoisotopic (exact) mass is 421 g/mol. The molecule has 3 rings (SSSR count). The van der Waals surface area contributed by atoms with Crippen molar-refractivity contribution >= 4 is 11.8 Å². The minimum absolute atomic E-state index is 0.0757. The Bertz CT molecular complexity index is 920. The molecule has 0 spiro atoms. The number of alkyl halides is 2. The third-order valence-electron chi connectivity index (χ3n) is 5.19. The van der Waals surface area contributed by atoms with Crippen molar-refractivity contribution in [3.8, 4) is 6.07 Å². The molecule has 1 aliphatic carbocycles. The number of nitrogens with one attached hydrogen (secondary N) is 2. The van der Waals surface area contributed by atoms with E-state index in [-0.39, 0.29) is 35.8 Å². The molecule has 1 fully saturated rings. The predicted molar refractivity (Wildman–Crippen MR) is 104 cm³/mol. The van der Waals surface area contributed by atoms with Crippen molar-refractivity contribution < 1.29 is 18.4 Å². The molecule has 2 aromatic heterocycles. The van der Waals surface area contributed by atoms with Gasteiger partial charge in [-0.2, -0.15) is 24.0 Å². The van der Waals surface area contributed by atoms with Gasteiger partial charge >= 0.3 is 5.92 Å². The lowest BCUT2D eigenvalue weighted by molar-refractivity contribution is -0.0158. The number of nitrogens with zero attached hydrogens (tertiary/aromatic N) is 5. The van der Waals surface area contributed by atoms with E-state index < -0.39 is 11.8 Å². The van der Waals surface area contributed by atoms with Gasteiger partial charge in [0, 0.05) is 25.9 Å². The molecule has 0 bridgehead atoms. The number of aromatic nitrogens is 4. The molecule has 0 aliphatic heterocycles. The maximum Gasteiger partial charge on any atom is 0.322 e. The molecule has 1 aliphatic rings. The van der Waals surface area contributed by atoms with Crippen molar-refractivity contribution in [2.75, 3.05) is 17.2 Å². The summed E-state index contributed by atoms with van der Waals surface area (Å²) in [6, 6.07) is 2.15. The lowest BCUT2D eigenvalue weighted by atomic mass is 9.73. The summed E-state index contributed by atoms with van der Waals surface area (Å²) < 4.78 is 30.9. The molecule has 9 nitrogen and oxygen atoms in total. The molecule has 2 aromatic rings. The maximum atomic E-state index is 13.2. The van der Waals surface area contributed by atoms with Crippen LogP contribution < -0.4 is 10.6 Å². The van der Waals surface area contributed by atoms with E-state index in [1.54, 1.807) is 0 Å². The van der Waals surface area contributed by atoms with Crippen LogP contribution in [0.3, 0.4) is 0 Å². The Morgan fingerprint density at radius 2 is 2.13 bits per heavy atom. The lowest BCUT2D eigenvalue weighted by Gasteiger charge is -2.40. The predicted octanol–water partition coefficient (Wildman–Crippen LogP) is 2.85. The highest BCUT2D eigenvalue weighted by molar-refractivity contribution is 5.54. The van der Waals surface area contributed by atoms with Gasteiger partial charge in [0.25, 0.3) is 5.89 Å². The Labute approximate surface area is 172 Å². The number of nitriles is 1. The Morgan fingerprint density at radius 1 is 1.37 bits per heavy atom. The minimum atomic E-state index is -3.18. The van der Waals surface area contributed by atoms with Crippen molar-refractivity contribution in [3.63, 3.8) is 0 Å². The first-order chi connectivity index (χ1) is 14.1. The molecular formula is C19H25F2N7O2. The topological polar surface area (TPSA) is 133 Å². The molecule has 0 unspecified atom stereocenters. The second-order valence-corrected chi connectivity index (χ2v) is 8.28. The molecule has 1 saturated carbocycles. The van der Waals surface area contributed by atoms with Crippen molar-refractivity contribution in [2.45, 2.75) is 64.5 Å². The number of aliphatic hydroxyl groups is 1. The van der Waals surface area contributed by atoms with Gasteiger partial charge in [-0.05, 0) is 24.7 Å². The van der Waals surface area contributed by atoms with Gasteiger partial charge in [-0.25, -0.2) is 4.98 Å². The molecule has 0 amide bonds. The van der Waals surface area contributed by atoms with Gasteiger partial charge in [-0.3, -0.25) is 0 Å². The first kappa shape index (κ1) is 21.8. The average molecular weight is 421 g/mol. The van der Waals surface area contributed by atoms with Gasteiger partial charge in [-0.1, -0.05) is 19.0 Å².